The Balaban J connectivity index is 1.54. The number of ether oxygens (including phenoxy) is 1. The quantitative estimate of drug-likeness (QED) is 0.398. The van der Waals surface area contributed by atoms with Crippen molar-refractivity contribution >= 4 is 23.4 Å². The molecule has 0 fully saturated rings. The van der Waals surface area contributed by atoms with E-state index in [1.807, 2.05) is 49.4 Å². The second-order valence-corrected chi connectivity index (χ2v) is 9.10. The summed E-state index contributed by atoms with van der Waals surface area (Å²) in [5.41, 5.74) is 3.90. The van der Waals surface area contributed by atoms with Crippen LogP contribution < -0.4 is 15.6 Å². The highest BCUT2D eigenvalue weighted by atomic mass is 32.2. The van der Waals surface area contributed by atoms with Gasteiger partial charge in [0.2, 0.25) is 0 Å². The summed E-state index contributed by atoms with van der Waals surface area (Å²) in [6, 6.07) is 17.7. The predicted octanol–water partition coefficient (Wildman–Crippen LogP) is 5.03. The summed E-state index contributed by atoms with van der Waals surface area (Å²) >= 11 is 1.49. The normalized spacial score (nSPS) is 17.2. The van der Waals surface area contributed by atoms with Gasteiger partial charge >= 0.3 is 0 Å². The maximum atomic E-state index is 13.3. The van der Waals surface area contributed by atoms with E-state index in [9.17, 15) is 9.59 Å². The lowest BCUT2D eigenvalue weighted by atomic mass is 9.76. The summed E-state index contributed by atoms with van der Waals surface area (Å²) in [7, 11) is 0. The van der Waals surface area contributed by atoms with Crippen LogP contribution in [0.5, 0.6) is 5.75 Å². The Morgan fingerprint density at radius 1 is 1.06 bits per heavy atom. The number of rotatable bonds is 6. The summed E-state index contributed by atoms with van der Waals surface area (Å²) in [5, 5.41) is 3.89. The molecule has 5 rings (SSSR count). The molecule has 2 aliphatic rings. The zero-order valence-corrected chi connectivity index (χ0v) is 19.2. The summed E-state index contributed by atoms with van der Waals surface area (Å²) in [6.45, 7) is 2.52. The number of carbonyl (C=O) groups is 1. The first-order chi connectivity index (χ1) is 16.1. The lowest BCUT2D eigenvalue weighted by molar-refractivity contribution is -0.116. The number of thioether (sulfide) groups is 1. The van der Waals surface area contributed by atoms with E-state index in [1.54, 1.807) is 0 Å². The number of aromatic nitrogens is 2. The number of hydrogen-bond acceptors (Lipinski definition) is 6. The van der Waals surface area contributed by atoms with Gasteiger partial charge in [0, 0.05) is 29.4 Å². The van der Waals surface area contributed by atoms with Gasteiger partial charge in [-0.15, -0.1) is 0 Å². The first kappa shape index (κ1) is 21.5. The zero-order valence-electron chi connectivity index (χ0n) is 18.4. The number of anilines is 1. The van der Waals surface area contributed by atoms with Crippen molar-refractivity contribution in [1.29, 1.82) is 0 Å². The molecule has 2 aromatic carbocycles. The third-order valence-corrected chi connectivity index (χ3v) is 6.92. The molecule has 0 unspecified atom stereocenters. The molecule has 2 heterocycles. The maximum absolute atomic E-state index is 13.3. The summed E-state index contributed by atoms with van der Waals surface area (Å²) in [6.07, 6.45) is 2.07. The fraction of sp³-hybridized carbons (Fsp3) is 0.269. The van der Waals surface area contributed by atoms with Gasteiger partial charge in [0.05, 0.1) is 12.2 Å². The molecule has 1 aliphatic carbocycles. The van der Waals surface area contributed by atoms with Crippen LogP contribution in [0.4, 0.5) is 5.82 Å². The van der Waals surface area contributed by atoms with E-state index in [4.69, 9.17) is 9.72 Å². The average Bonchev–Trinajstić information content (AvgIpc) is 2.83. The highest BCUT2D eigenvalue weighted by Gasteiger charge is 2.37. The molecule has 0 saturated carbocycles. The van der Waals surface area contributed by atoms with Crippen LogP contribution in [0, 0.1) is 0 Å². The maximum Gasteiger partial charge on any atom is 0.257 e. The van der Waals surface area contributed by atoms with Crippen molar-refractivity contribution in [3.05, 3.63) is 92.9 Å². The first-order valence-corrected chi connectivity index (χ1v) is 12.2. The van der Waals surface area contributed by atoms with E-state index in [1.165, 1.54) is 11.8 Å². The van der Waals surface area contributed by atoms with Gasteiger partial charge in [-0.05, 0) is 43.0 Å². The van der Waals surface area contributed by atoms with E-state index >= 15 is 0 Å². The minimum Gasteiger partial charge on any atom is -0.494 e. The van der Waals surface area contributed by atoms with Crippen molar-refractivity contribution < 1.29 is 9.53 Å². The molecule has 1 atom stereocenters. The van der Waals surface area contributed by atoms with Crippen LogP contribution in [0.1, 0.15) is 48.8 Å². The van der Waals surface area contributed by atoms with Gasteiger partial charge in [-0.3, -0.25) is 9.59 Å². The lowest BCUT2D eigenvalue weighted by Crippen LogP contribution is -2.32. The molecule has 0 amide bonds. The van der Waals surface area contributed by atoms with E-state index < -0.39 is 5.92 Å². The van der Waals surface area contributed by atoms with Crippen LogP contribution in [0.2, 0.25) is 0 Å². The number of hydrogen-bond donors (Lipinski definition) is 2. The third-order valence-electron chi connectivity index (χ3n) is 5.98. The van der Waals surface area contributed by atoms with Gasteiger partial charge < -0.3 is 15.0 Å². The first-order valence-electron chi connectivity index (χ1n) is 11.2. The van der Waals surface area contributed by atoms with Gasteiger partial charge in [0.15, 0.2) is 10.9 Å². The predicted molar refractivity (Wildman–Crippen MR) is 130 cm³/mol. The molecule has 1 aromatic heterocycles. The Kier molecular flexibility index (Phi) is 6.05. The monoisotopic (exact) mass is 459 g/mol. The van der Waals surface area contributed by atoms with E-state index in [0.29, 0.717) is 40.9 Å². The number of Topliss-reactive ketones (excluding diaryl/α,β-unsaturated/α-hetero) is 1. The van der Waals surface area contributed by atoms with E-state index in [2.05, 4.69) is 22.4 Å². The number of nitrogens with zero attached hydrogens (tertiary/aromatic N) is 1. The van der Waals surface area contributed by atoms with Crippen LogP contribution in [-0.4, -0.2) is 22.4 Å². The molecule has 2 N–H and O–H groups in total. The van der Waals surface area contributed by atoms with Crippen LogP contribution in [-0.2, 0) is 10.5 Å². The van der Waals surface area contributed by atoms with Crippen LogP contribution in [0.15, 0.2) is 75.8 Å². The standard InChI is InChI=1S/C26H25N3O3S/c1-2-32-18-13-11-17(12-14-18)21-22-19(9-6-10-20(22)30)27-24-23(21)25(31)29-26(28-24)33-15-16-7-4-3-5-8-16/h3-5,7-8,11-14,21H,2,6,9-10,15H2,1H3,(H2,27,28,29,31)/t21-/m1/s1. The average molecular weight is 460 g/mol. The number of aromatic amines is 1. The second kappa shape index (κ2) is 9.27. The molecule has 0 spiro atoms. The second-order valence-electron chi connectivity index (χ2n) is 8.14. The van der Waals surface area contributed by atoms with Crippen molar-refractivity contribution in [2.24, 2.45) is 0 Å². The van der Waals surface area contributed by atoms with Gasteiger partial charge in [-0.2, -0.15) is 0 Å². The largest absolute Gasteiger partial charge is 0.494 e. The van der Waals surface area contributed by atoms with Crippen LogP contribution in [0.25, 0.3) is 0 Å². The molecule has 7 heteroatoms. The number of fused-ring (bicyclic) bond motifs is 1. The molecule has 0 radical (unpaired) electrons. The fourth-order valence-corrected chi connectivity index (χ4v) is 5.31. The topological polar surface area (TPSA) is 84.1 Å². The number of H-pyrrole nitrogens is 1. The van der Waals surface area contributed by atoms with Crippen molar-refractivity contribution in [1.82, 2.24) is 9.97 Å². The van der Waals surface area contributed by atoms with E-state index in [-0.39, 0.29) is 11.3 Å². The summed E-state index contributed by atoms with van der Waals surface area (Å²) < 4.78 is 5.57. The van der Waals surface area contributed by atoms with Gasteiger partial charge in [0.1, 0.15) is 11.6 Å². The number of benzene rings is 2. The van der Waals surface area contributed by atoms with Gasteiger partial charge in [-0.25, -0.2) is 4.98 Å². The minimum atomic E-state index is -0.441. The number of ketones is 1. The van der Waals surface area contributed by atoms with Crippen molar-refractivity contribution in [3.63, 3.8) is 0 Å². The lowest BCUT2D eigenvalue weighted by Gasteiger charge is -2.32. The van der Waals surface area contributed by atoms with Gasteiger partial charge in [0.25, 0.3) is 5.56 Å². The summed E-state index contributed by atoms with van der Waals surface area (Å²) in [5.74, 6) is 1.66. The molecule has 3 aromatic rings. The molecule has 6 nitrogen and oxygen atoms in total. The molecule has 168 valence electrons. The number of nitrogens with one attached hydrogen (secondary N) is 2. The molecular weight excluding hydrogens is 434 g/mol. The Hall–Kier alpha value is -3.32. The molecular formula is C26H25N3O3S. The molecule has 1 aliphatic heterocycles. The third kappa shape index (κ3) is 4.33. The van der Waals surface area contributed by atoms with Crippen molar-refractivity contribution in [3.8, 4) is 5.75 Å². The molecule has 0 saturated heterocycles. The minimum absolute atomic E-state index is 0.0928. The zero-order chi connectivity index (χ0) is 22.8. The van der Waals surface area contributed by atoms with Crippen molar-refractivity contribution in [2.75, 3.05) is 11.9 Å². The Bertz CT molecular complexity index is 1270. The SMILES string of the molecule is CCOc1ccc([C@@H]2C3=C(CCCC3=O)Nc3nc(SCc4ccccc4)[nH]c(=O)c32)cc1. The Morgan fingerprint density at radius 3 is 2.61 bits per heavy atom. The van der Waals surface area contributed by atoms with Gasteiger partial charge in [-0.1, -0.05) is 54.2 Å². The molecule has 0 bridgehead atoms. The van der Waals surface area contributed by atoms with Crippen molar-refractivity contribution in [2.45, 2.75) is 43.0 Å². The summed E-state index contributed by atoms with van der Waals surface area (Å²) in [4.78, 5) is 34.0. The fourth-order valence-electron chi connectivity index (χ4n) is 4.49. The van der Waals surface area contributed by atoms with Crippen LogP contribution in [0.3, 0.4) is 0 Å². The Morgan fingerprint density at radius 2 is 1.85 bits per heavy atom. The molecule has 33 heavy (non-hydrogen) atoms. The van der Waals surface area contributed by atoms with Crippen LogP contribution >= 0.6 is 11.8 Å². The number of carbonyl (C=O) groups excluding carboxylic acids is 1. The number of allylic oxidation sites excluding steroid dienone is 2. The Labute approximate surface area is 196 Å². The highest BCUT2D eigenvalue weighted by molar-refractivity contribution is 7.98. The highest BCUT2D eigenvalue weighted by Crippen LogP contribution is 2.43. The van der Waals surface area contributed by atoms with E-state index in [0.717, 1.165) is 35.4 Å². The smallest absolute Gasteiger partial charge is 0.257 e.